The molecule has 1 saturated heterocycles. The molecule has 2 aliphatic rings. The van der Waals surface area contributed by atoms with Crippen molar-refractivity contribution in [2.75, 3.05) is 40.8 Å². The Hall–Kier alpha value is -2.34. The van der Waals surface area contributed by atoms with Crippen LogP contribution in [0.1, 0.15) is 51.0 Å². The van der Waals surface area contributed by atoms with Gasteiger partial charge in [0.15, 0.2) is 0 Å². The highest BCUT2D eigenvalue weighted by Gasteiger charge is 2.42. The van der Waals surface area contributed by atoms with Crippen LogP contribution >= 0.6 is 0 Å². The van der Waals surface area contributed by atoms with Gasteiger partial charge in [0.1, 0.15) is 11.4 Å². The molecule has 0 aromatic heterocycles. The van der Waals surface area contributed by atoms with E-state index in [1.807, 2.05) is 31.3 Å². The van der Waals surface area contributed by atoms with Gasteiger partial charge in [-0.15, -0.1) is 0 Å². The van der Waals surface area contributed by atoms with Crippen molar-refractivity contribution in [1.82, 2.24) is 14.7 Å². The Kier molecular flexibility index (Phi) is 7.53. The molecule has 1 fully saturated rings. The zero-order valence-corrected chi connectivity index (χ0v) is 18.8. The number of likely N-dealkylation sites (tertiary alicyclic amines) is 1. The normalized spacial score (nSPS) is 18.5. The van der Waals surface area contributed by atoms with Gasteiger partial charge in [-0.2, -0.15) is 0 Å². The Morgan fingerprint density at radius 3 is 2.30 bits per heavy atom. The van der Waals surface area contributed by atoms with Gasteiger partial charge in [-0.3, -0.25) is 14.5 Å². The summed E-state index contributed by atoms with van der Waals surface area (Å²) in [5.41, 5.74) is 1.86. The predicted molar refractivity (Wildman–Crippen MR) is 119 cm³/mol. The number of benzene rings is 1. The second kappa shape index (κ2) is 10.1. The van der Waals surface area contributed by atoms with Crippen molar-refractivity contribution in [3.63, 3.8) is 0 Å². The molecule has 3 rings (SSSR count). The summed E-state index contributed by atoms with van der Waals surface area (Å²) in [6.45, 7) is 4.65. The number of hydrogen-bond donors (Lipinski definition) is 0. The Balaban J connectivity index is 1.91. The van der Waals surface area contributed by atoms with Gasteiger partial charge in [-0.1, -0.05) is 38.3 Å². The van der Waals surface area contributed by atoms with E-state index in [0.717, 1.165) is 62.9 Å². The second-order valence-corrected chi connectivity index (χ2v) is 8.42. The molecule has 0 unspecified atom stereocenters. The molecule has 0 radical (unpaired) electrons. The average Bonchev–Trinajstić information content (AvgIpc) is 3.01. The van der Waals surface area contributed by atoms with Gasteiger partial charge in [-0.25, -0.2) is 0 Å². The first kappa shape index (κ1) is 22.3. The molecular weight excluding hydrogens is 378 g/mol. The third-order valence-electron chi connectivity index (χ3n) is 6.35. The van der Waals surface area contributed by atoms with E-state index in [2.05, 4.69) is 23.8 Å². The van der Waals surface area contributed by atoms with E-state index in [4.69, 9.17) is 4.74 Å². The molecule has 2 amide bonds. The first-order valence-electron chi connectivity index (χ1n) is 11.1. The molecule has 0 aliphatic carbocycles. The second-order valence-electron chi connectivity index (χ2n) is 8.42. The number of likely N-dealkylation sites (N-methyl/N-ethyl adjacent to an activating group) is 1. The number of carbonyl (C=O) groups is 2. The fourth-order valence-corrected chi connectivity index (χ4v) is 4.37. The number of methoxy groups -OCH3 is 1. The Morgan fingerprint density at radius 2 is 1.70 bits per heavy atom. The fraction of sp³-hybridized carbons (Fsp3) is 0.583. The van der Waals surface area contributed by atoms with Crippen molar-refractivity contribution in [2.45, 2.75) is 51.5 Å². The lowest BCUT2D eigenvalue weighted by molar-refractivity contribution is -0.137. The van der Waals surface area contributed by atoms with E-state index < -0.39 is 0 Å². The number of imide groups is 1. The summed E-state index contributed by atoms with van der Waals surface area (Å²) < 4.78 is 5.26. The Morgan fingerprint density at radius 1 is 1.03 bits per heavy atom. The molecule has 0 bridgehead atoms. The largest absolute Gasteiger partial charge is 0.497 e. The van der Waals surface area contributed by atoms with Crippen LogP contribution in [0, 0.1) is 0 Å². The molecule has 6 nitrogen and oxygen atoms in total. The topological polar surface area (TPSA) is 53.1 Å². The van der Waals surface area contributed by atoms with Crippen LogP contribution in [0.25, 0.3) is 5.57 Å². The van der Waals surface area contributed by atoms with Crippen LogP contribution in [-0.2, 0) is 9.59 Å². The fourth-order valence-electron chi connectivity index (χ4n) is 4.37. The minimum absolute atomic E-state index is 0.149. The lowest BCUT2D eigenvalue weighted by Crippen LogP contribution is -2.43. The molecular formula is C24H35N3O3. The maximum Gasteiger partial charge on any atom is 0.277 e. The van der Waals surface area contributed by atoms with Gasteiger partial charge in [0.25, 0.3) is 11.8 Å². The SMILES string of the molecule is CCCCCCN1C(=O)C(c2ccc(OC)cc2)=C(N(C)C2CCN(C)CC2)C1=O. The van der Waals surface area contributed by atoms with Crippen LogP contribution in [0.5, 0.6) is 5.75 Å². The summed E-state index contributed by atoms with van der Waals surface area (Å²) in [5, 5.41) is 0. The summed E-state index contributed by atoms with van der Waals surface area (Å²) in [6.07, 6.45) is 6.12. The number of rotatable bonds is 9. The van der Waals surface area contributed by atoms with Crippen LogP contribution in [0.3, 0.4) is 0 Å². The zero-order valence-electron chi connectivity index (χ0n) is 18.8. The van der Waals surface area contributed by atoms with Gasteiger partial charge in [0, 0.05) is 19.6 Å². The zero-order chi connectivity index (χ0) is 21.7. The summed E-state index contributed by atoms with van der Waals surface area (Å²) in [4.78, 5) is 32.6. The van der Waals surface area contributed by atoms with E-state index in [-0.39, 0.29) is 17.9 Å². The quantitative estimate of drug-likeness (QED) is 0.459. The maximum absolute atomic E-state index is 13.4. The van der Waals surface area contributed by atoms with Crippen molar-refractivity contribution in [1.29, 1.82) is 0 Å². The first-order chi connectivity index (χ1) is 14.5. The monoisotopic (exact) mass is 413 g/mol. The van der Waals surface area contributed by atoms with Crippen LogP contribution in [0.4, 0.5) is 0 Å². The van der Waals surface area contributed by atoms with E-state index >= 15 is 0 Å². The number of carbonyl (C=O) groups excluding carboxylic acids is 2. The van der Waals surface area contributed by atoms with Crippen molar-refractivity contribution < 1.29 is 14.3 Å². The van der Waals surface area contributed by atoms with Crippen molar-refractivity contribution in [3.05, 3.63) is 35.5 Å². The number of hydrogen-bond acceptors (Lipinski definition) is 5. The van der Waals surface area contributed by atoms with Gasteiger partial charge in [0.2, 0.25) is 0 Å². The van der Waals surface area contributed by atoms with Gasteiger partial charge < -0.3 is 14.5 Å². The first-order valence-corrected chi connectivity index (χ1v) is 11.1. The van der Waals surface area contributed by atoms with E-state index in [1.165, 1.54) is 4.90 Å². The minimum Gasteiger partial charge on any atom is -0.497 e. The molecule has 1 aromatic carbocycles. The van der Waals surface area contributed by atoms with Crippen LogP contribution in [0.15, 0.2) is 30.0 Å². The Bertz CT molecular complexity index is 779. The molecule has 2 aliphatic heterocycles. The predicted octanol–water partition coefficient (Wildman–Crippen LogP) is 3.38. The third kappa shape index (κ3) is 4.69. The minimum atomic E-state index is -0.170. The molecule has 0 atom stereocenters. The molecule has 6 heteroatoms. The highest BCUT2D eigenvalue weighted by atomic mass is 16.5. The van der Waals surface area contributed by atoms with E-state index in [1.54, 1.807) is 7.11 Å². The average molecular weight is 414 g/mol. The molecule has 0 N–H and O–H groups in total. The molecule has 2 heterocycles. The van der Waals surface area contributed by atoms with Crippen LogP contribution in [0.2, 0.25) is 0 Å². The van der Waals surface area contributed by atoms with Crippen molar-refractivity contribution >= 4 is 17.4 Å². The van der Waals surface area contributed by atoms with Gasteiger partial charge >= 0.3 is 0 Å². The third-order valence-corrected chi connectivity index (χ3v) is 6.35. The van der Waals surface area contributed by atoms with Crippen molar-refractivity contribution in [3.8, 4) is 5.75 Å². The molecule has 164 valence electrons. The summed E-state index contributed by atoms with van der Waals surface area (Å²) in [6, 6.07) is 7.71. The van der Waals surface area contributed by atoms with Gasteiger partial charge in [0.05, 0.1) is 12.7 Å². The van der Waals surface area contributed by atoms with E-state index in [9.17, 15) is 9.59 Å². The number of unbranched alkanes of at least 4 members (excludes halogenated alkanes) is 3. The summed E-state index contributed by atoms with van der Waals surface area (Å²) in [5.74, 6) is 0.415. The molecule has 0 saturated carbocycles. The lowest BCUT2D eigenvalue weighted by atomic mass is 10.00. The maximum atomic E-state index is 13.4. The molecule has 0 spiro atoms. The van der Waals surface area contributed by atoms with Gasteiger partial charge in [-0.05, 0) is 57.1 Å². The van der Waals surface area contributed by atoms with Crippen molar-refractivity contribution in [2.24, 2.45) is 0 Å². The lowest BCUT2D eigenvalue weighted by Gasteiger charge is -2.36. The summed E-state index contributed by atoms with van der Waals surface area (Å²) in [7, 11) is 5.72. The smallest absolute Gasteiger partial charge is 0.277 e. The van der Waals surface area contributed by atoms with E-state index in [0.29, 0.717) is 17.8 Å². The standard InChI is InChI=1S/C24H35N3O3/c1-5-6-7-8-15-27-23(28)21(18-9-11-20(30-4)12-10-18)22(24(27)29)26(3)19-13-16-25(2)17-14-19/h9-12,19H,5-8,13-17H2,1-4H3. The Labute approximate surface area is 180 Å². The van der Waals surface area contributed by atoms with Crippen LogP contribution in [-0.4, -0.2) is 73.4 Å². The number of piperidine rings is 1. The number of nitrogens with zero attached hydrogens (tertiary/aromatic N) is 3. The number of ether oxygens (including phenoxy) is 1. The van der Waals surface area contributed by atoms with Crippen LogP contribution < -0.4 is 4.74 Å². The number of amides is 2. The summed E-state index contributed by atoms with van der Waals surface area (Å²) >= 11 is 0. The highest BCUT2D eigenvalue weighted by Crippen LogP contribution is 2.34. The highest BCUT2D eigenvalue weighted by molar-refractivity contribution is 6.35. The molecule has 1 aromatic rings. The molecule has 30 heavy (non-hydrogen) atoms.